The Hall–Kier alpha value is -1.14. The lowest BCUT2D eigenvalue weighted by Crippen LogP contribution is -2.13. The molecule has 0 aliphatic heterocycles. The summed E-state index contributed by atoms with van der Waals surface area (Å²) in [5, 5.41) is 6.05. The van der Waals surface area contributed by atoms with Crippen LogP contribution >= 0.6 is 34.5 Å². The number of benzene rings is 1. The first kappa shape index (κ1) is 15.3. The second kappa shape index (κ2) is 6.54. The van der Waals surface area contributed by atoms with Crippen LogP contribution in [0.25, 0.3) is 0 Å². The maximum Gasteiger partial charge on any atom is 0.275 e. The first-order valence-corrected chi connectivity index (χ1v) is 7.57. The number of hydrogen-bond acceptors (Lipinski definition) is 4. The van der Waals surface area contributed by atoms with Crippen molar-refractivity contribution in [3.05, 3.63) is 43.8 Å². The molecule has 0 radical (unpaired) electrons. The number of aryl methyl sites for hydroxylation is 1. The van der Waals surface area contributed by atoms with Gasteiger partial charge in [-0.1, -0.05) is 29.3 Å². The molecule has 7 heteroatoms. The molecule has 0 bridgehead atoms. The Balaban J connectivity index is 2.21. The molecule has 1 heterocycles. The molecular weight excluding hydrogens is 317 g/mol. The number of carbonyl (C=O) groups is 1. The van der Waals surface area contributed by atoms with Crippen molar-refractivity contribution in [3.63, 3.8) is 0 Å². The van der Waals surface area contributed by atoms with Crippen LogP contribution in [-0.4, -0.2) is 17.4 Å². The van der Waals surface area contributed by atoms with E-state index in [0.29, 0.717) is 34.4 Å². The normalized spacial score (nSPS) is 10.6. The van der Waals surface area contributed by atoms with Gasteiger partial charge in [0.25, 0.3) is 5.91 Å². The maximum atomic E-state index is 12.1. The molecule has 0 atom stereocenters. The van der Waals surface area contributed by atoms with E-state index >= 15 is 0 Å². The van der Waals surface area contributed by atoms with Crippen LogP contribution in [0.3, 0.4) is 0 Å². The fourth-order valence-corrected chi connectivity index (χ4v) is 2.86. The maximum absolute atomic E-state index is 12.1. The quantitative estimate of drug-likeness (QED) is 0.901. The minimum absolute atomic E-state index is 0.334. The molecule has 0 aliphatic carbocycles. The molecule has 2 rings (SSSR count). The van der Waals surface area contributed by atoms with E-state index in [1.807, 2.05) is 6.92 Å². The molecule has 0 saturated carbocycles. The summed E-state index contributed by atoms with van der Waals surface area (Å²) >= 11 is 13.6. The Morgan fingerprint density at radius 1 is 1.45 bits per heavy atom. The average Bonchev–Trinajstić information content (AvgIpc) is 2.88. The van der Waals surface area contributed by atoms with Gasteiger partial charge in [0.1, 0.15) is 5.69 Å². The van der Waals surface area contributed by atoms with Crippen molar-refractivity contribution < 1.29 is 4.79 Å². The van der Waals surface area contributed by atoms with Crippen molar-refractivity contribution in [3.8, 4) is 0 Å². The lowest BCUT2D eigenvalue weighted by Gasteiger charge is -2.10. The van der Waals surface area contributed by atoms with Crippen molar-refractivity contribution in [1.82, 2.24) is 4.98 Å². The van der Waals surface area contributed by atoms with Crippen LogP contribution in [0.2, 0.25) is 10.0 Å². The Kier molecular flexibility index (Phi) is 4.99. The summed E-state index contributed by atoms with van der Waals surface area (Å²) in [6, 6.07) is 3.49. The number of nitrogens with zero attached hydrogens (tertiary/aromatic N) is 1. The molecule has 0 spiro atoms. The van der Waals surface area contributed by atoms with Gasteiger partial charge in [0.05, 0.1) is 20.7 Å². The molecule has 1 amide bonds. The highest BCUT2D eigenvalue weighted by atomic mass is 35.5. The SMILES string of the molecule is Cc1ccc(Cl)c(NC(=O)c2csc(CCN)n2)c1Cl. The van der Waals surface area contributed by atoms with Gasteiger partial charge in [-0.25, -0.2) is 4.98 Å². The molecule has 1 aromatic carbocycles. The molecule has 0 unspecified atom stereocenters. The standard InChI is InChI=1S/C13H13Cl2N3OS/c1-7-2-3-8(14)12(11(7)15)18-13(19)9-6-20-10(17-9)4-5-16/h2-3,6H,4-5,16H2,1H3,(H,18,19). The van der Waals surface area contributed by atoms with Crippen LogP contribution in [0.1, 0.15) is 21.1 Å². The summed E-state index contributed by atoms with van der Waals surface area (Å²) in [7, 11) is 0. The van der Waals surface area contributed by atoms with Gasteiger partial charge in [-0.15, -0.1) is 11.3 Å². The topological polar surface area (TPSA) is 68.0 Å². The van der Waals surface area contributed by atoms with Gasteiger partial charge in [0, 0.05) is 11.8 Å². The number of aromatic nitrogens is 1. The summed E-state index contributed by atoms with van der Waals surface area (Å²) in [4.78, 5) is 16.4. The number of halogens is 2. The number of rotatable bonds is 4. The third-order valence-electron chi connectivity index (χ3n) is 2.67. The van der Waals surface area contributed by atoms with Crippen LogP contribution in [-0.2, 0) is 6.42 Å². The van der Waals surface area contributed by atoms with E-state index in [2.05, 4.69) is 10.3 Å². The van der Waals surface area contributed by atoms with E-state index in [4.69, 9.17) is 28.9 Å². The van der Waals surface area contributed by atoms with Gasteiger partial charge in [-0.05, 0) is 25.1 Å². The number of amides is 1. The van der Waals surface area contributed by atoms with E-state index in [9.17, 15) is 4.79 Å². The lowest BCUT2D eigenvalue weighted by atomic mass is 10.2. The summed E-state index contributed by atoms with van der Waals surface area (Å²) in [6.07, 6.45) is 0.657. The van der Waals surface area contributed by atoms with Crippen molar-refractivity contribution in [2.24, 2.45) is 5.73 Å². The summed E-state index contributed by atoms with van der Waals surface area (Å²) in [5.41, 5.74) is 7.05. The Morgan fingerprint density at radius 3 is 2.90 bits per heavy atom. The molecular formula is C13H13Cl2N3OS. The van der Waals surface area contributed by atoms with Crippen molar-refractivity contribution in [2.75, 3.05) is 11.9 Å². The van der Waals surface area contributed by atoms with Crippen LogP contribution in [0.5, 0.6) is 0 Å². The minimum atomic E-state index is -0.334. The van der Waals surface area contributed by atoms with E-state index in [1.54, 1.807) is 17.5 Å². The summed E-state index contributed by atoms with van der Waals surface area (Å²) in [6.45, 7) is 2.35. The van der Waals surface area contributed by atoms with Gasteiger partial charge < -0.3 is 11.1 Å². The summed E-state index contributed by atoms with van der Waals surface area (Å²) < 4.78 is 0. The number of nitrogens with two attached hydrogens (primary N) is 1. The van der Waals surface area contributed by atoms with Gasteiger partial charge >= 0.3 is 0 Å². The molecule has 4 nitrogen and oxygen atoms in total. The molecule has 0 aliphatic rings. The molecule has 0 fully saturated rings. The fraction of sp³-hybridized carbons (Fsp3) is 0.231. The van der Waals surface area contributed by atoms with Crippen LogP contribution in [0.15, 0.2) is 17.5 Å². The van der Waals surface area contributed by atoms with E-state index in [-0.39, 0.29) is 5.91 Å². The van der Waals surface area contributed by atoms with Crippen molar-refractivity contribution >= 4 is 46.1 Å². The monoisotopic (exact) mass is 329 g/mol. The Labute approximate surface area is 130 Å². The Bertz CT molecular complexity index is 643. The number of nitrogens with one attached hydrogen (secondary N) is 1. The minimum Gasteiger partial charge on any atom is -0.330 e. The smallest absolute Gasteiger partial charge is 0.275 e. The summed E-state index contributed by atoms with van der Waals surface area (Å²) in [5.74, 6) is -0.334. The number of carbonyl (C=O) groups excluding carboxylic acids is 1. The highest BCUT2D eigenvalue weighted by Crippen LogP contribution is 2.33. The van der Waals surface area contributed by atoms with Gasteiger partial charge in [-0.2, -0.15) is 0 Å². The highest BCUT2D eigenvalue weighted by Gasteiger charge is 2.15. The van der Waals surface area contributed by atoms with Crippen LogP contribution < -0.4 is 11.1 Å². The zero-order valence-corrected chi connectivity index (χ0v) is 13.1. The predicted molar refractivity (Wildman–Crippen MR) is 84.0 cm³/mol. The predicted octanol–water partition coefficient (Wildman–Crippen LogP) is 3.51. The average molecular weight is 330 g/mol. The second-order valence-electron chi connectivity index (χ2n) is 4.17. The van der Waals surface area contributed by atoms with Gasteiger partial charge in [0.2, 0.25) is 0 Å². The third kappa shape index (κ3) is 3.30. The van der Waals surface area contributed by atoms with E-state index < -0.39 is 0 Å². The van der Waals surface area contributed by atoms with Crippen LogP contribution in [0.4, 0.5) is 5.69 Å². The fourth-order valence-electron chi connectivity index (χ4n) is 1.60. The van der Waals surface area contributed by atoms with Crippen molar-refractivity contribution in [1.29, 1.82) is 0 Å². The largest absolute Gasteiger partial charge is 0.330 e. The second-order valence-corrected chi connectivity index (χ2v) is 5.90. The molecule has 106 valence electrons. The molecule has 3 N–H and O–H groups in total. The first-order valence-electron chi connectivity index (χ1n) is 5.93. The first-order chi connectivity index (χ1) is 9.52. The molecule has 1 aromatic heterocycles. The zero-order valence-electron chi connectivity index (χ0n) is 10.7. The Morgan fingerprint density at radius 2 is 2.20 bits per heavy atom. The number of thiazole rings is 1. The number of hydrogen-bond donors (Lipinski definition) is 2. The lowest BCUT2D eigenvalue weighted by molar-refractivity contribution is 0.102. The zero-order chi connectivity index (χ0) is 14.7. The van der Waals surface area contributed by atoms with Gasteiger partial charge in [0.15, 0.2) is 0 Å². The molecule has 20 heavy (non-hydrogen) atoms. The van der Waals surface area contributed by atoms with E-state index in [1.165, 1.54) is 11.3 Å². The molecule has 0 saturated heterocycles. The molecule has 2 aromatic rings. The number of anilines is 1. The third-order valence-corrected chi connectivity index (χ3v) is 4.38. The van der Waals surface area contributed by atoms with E-state index in [0.717, 1.165) is 10.6 Å². The highest BCUT2D eigenvalue weighted by molar-refractivity contribution is 7.09. The van der Waals surface area contributed by atoms with Gasteiger partial charge in [-0.3, -0.25) is 4.79 Å². The van der Waals surface area contributed by atoms with Crippen molar-refractivity contribution in [2.45, 2.75) is 13.3 Å². The van der Waals surface area contributed by atoms with Crippen LogP contribution in [0, 0.1) is 6.92 Å².